The molecule has 0 saturated heterocycles. The first-order valence-corrected chi connectivity index (χ1v) is 18.8. The molecule has 0 fully saturated rings. The first-order chi connectivity index (χ1) is 22.1. The zero-order valence-corrected chi connectivity index (χ0v) is 32.1. The molecule has 0 radical (unpaired) electrons. The quantitative estimate of drug-likeness (QED) is 0.0797. The van der Waals surface area contributed by atoms with E-state index >= 15 is 0 Å². The van der Waals surface area contributed by atoms with Gasteiger partial charge in [0.25, 0.3) is 0 Å². The molecule has 9 heteroatoms. The molecular weight excluding hydrogens is 580 g/mol. The van der Waals surface area contributed by atoms with Gasteiger partial charge in [-0.2, -0.15) is 0 Å². The van der Waals surface area contributed by atoms with Crippen LogP contribution in [0.4, 0.5) is 4.79 Å². The Balaban J connectivity index is 0. The molecule has 0 rings (SSSR count). The summed E-state index contributed by atoms with van der Waals surface area (Å²) in [5, 5.41) is 5.30. The maximum atomic E-state index is 12.1. The van der Waals surface area contributed by atoms with Crippen LogP contribution in [0.15, 0.2) is 0 Å². The number of hydrogen-bond donors (Lipinski definition) is 2. The first kappa shape index (κ1) is 46.7. The third-order valence-corrected chi connectivity index (χ3v) is 8.20. The van der Waals surface area contributed by atoms with Gasteiger partial charge in [-0.15, -0.1) is 0 Å². The summed E-state index contributed by atoms with van der Waals surface area (Å²) >= 11 is 0. The number of ether oxygens (including phenoxy) is 3. The summed E-state index contributed by atoms with van der Waals surface area (Å²) in [5.74, 6) is 0.445. The van der Waals surface area contributed by atoms with E-state index < -0.39 is 6.09 Å². The van der Waals surface area contributed by atoms with E-state index in [1.807, 2.05) is 6.92 Å². The molecule has 9 nitrogen and oxygen atoms in total. The molecule has 2 amide bonds. The predicted octanol–water partition coefficient (Wildman–Crippen LogP) is 7.66. The van der Waals surface area contributed by atoms with Gasteiger partial charge < -0.3 is 29.7 Å². The molecule has 0 aliphatic rings. The molecule has 0 bridgehead atoms. The lowest BCUT2D eigenvalue weighted by molar-refractivity contribution is -0.118. The van der Waals surface area contributed by atoms with E-state index in [2.05, 4.69) is 76.1 Å². The summed E-state index contributed by atoms with van der Waals surface area (Å²) in [5.41, 5.74) is 0. The average Bonchev–Trinajstić information content (AvgIpc) is 3.03. The molecule has 0 heterocycles. The minimum atomic E-state index is -0.488. The standard InChI is InChI=1S/C27H56N4O5.C10H22/c1-9-22(5)20-34-24(10-2)18-31(17-13-16-30(7)8)19-25(11-3)35-21-26(12-4)36-27(33)29-15-14-28-23(6)32;1-3-5-7-9-10-8-6-4-2/h22,24-26H,9-21H2,1-8H3,(H,28,32)(H,29,33);3-10H2,1-2H3. The van der Waals surface area contributed by atoms with Crippen molar-refractivity contribution in [1.29, 1.82) is 0 Å². The summed E-state index contributed by atoms with van der Waals surface area (Å²) in [7, 11) is 4.21. The normalized spacial score (nSPS) is 13.9. The van der Waals surface area contributed by atoms with E-state index in [9.17, 15) is 9.59 Å². The number of rotatable bonds is 29. The number of amides is 2. The summed E-state index contributed by atoms with van der Waals surface area (Å²) in [6, 6.07) is 0. The van der Waals surface area contributed by atoms with Gasteiger partial charge in [0.1, 0.15) is 6.10 Å². The number of carbonyl (C=O) groups excluding carboxylic acids is 2. The van der Waals surface area contributed by atoms with Crippen LogP contribution >= 0.6 is 0 Å². The maximum absolute atomic E-state index is 12.1. The van der Waals surface area contributed by atoms with Crippen LogP contribution in [0.25, 0.3) is 0 Å². The molecule has 276 valence electrons. The highest BCUT2D eigenvalue weighted by molar-refractivity contribution is 5.73. The Hall–Kier alpha value is -1.42. The molecule has 2 N–H and O–H groups in total. The number of unbranched alkanes of at least 4 members (excludes halogenated alkanes) is 7. The second kappa shape index (κ2) is 33.5. The Morgan fingerprint density at radius 1 is 0.630 bits per heavy atom. The van der Waals surface area contributed by atoms with Gasteiger partial charge in [0, 0.05) is 39.7 Å². The van der Waals surface area contributed by atoms with Gasteiger partial charge in [0.2, 0.25) is 5.91 Å². The van der Waals surface area contributed by atoms with Crippen LogP contribution in [0.1, 0.15) is 139 Å². The van der Waals surface area contributed by atoms with Crippen molar-refractivity contribution in [3.8, 4) is 0 Å². The van der Waals surface area contributed by atoms with E-state index in [0.29, 0.717) is 32.0 Å². The van der Waals surface area contributed by atoms with Gasteiger partial charge >= 0.3 is 6.09 Å². The van der Waals surface area contributed by atoms with Crippen LogP contribution in [0.3, 0.4) is 0 Å². The largest absolute Gasteiger partial charge is 0.444 e. The minimum Gasteiger partial charge on any atom is -0.444 e. The van der Waals surface area contributed by atoms with Gasteiger partial charge in [-0.3, -0.25) is 9.69 Å². The Kier molecular flexibility index (Phi) is 34.0. The average molecular weight is 659 g/mol. The van der Waals surface area contributed by atoms with Gasteiger partial charge in [0.05, 0.1) is 18.8 Å². The topological polar surface area (TPSA) is 92.4 Å². The minimum absolute atomic E-state index is 0.0527. The Morgan fingerprint density at radius 3 is 1.59 bits per heavy atom. The fourth-order valence-corrected chi connectivity index (χ4v) is 4.74. The summed E-state index contributed by atoms with van der Waals surface area (Å²) < 4.78 is 18.0. The summed E-state index contributed by atoms with van der Waals surface area (Å²) in [6.07, 6.45) is 15.7. The molecule has 0 saturated carbocycles. The molecule has 0 aromatic heterocycles. The van der Waals surface area contributed by atoms with E-state index in [-0.39, 0.29) is 24.2 Å². The van der Waals surface area contributed by atoms with Crippen LogP contribution in [0, 0.1) is 5.92 Å². The monoisotopic (exact) mass is 659 g/mol. The zero-order chi connectivity index (χ0) is 35.0. The fraction of sp³-hybridized carbons (Fsp3) is 0.946. The van der Waals surface area contributed by atoms with Crippen molar-refractivity contribution in [2.45, 2.75) is 157 Å². The summed E-state index contributed by atoms with van der Waals surface area (Å²) in [6.45, 7) is 22.3. The Labute approximate surface area is 285 Å². The molecule has 0 spiro atoms. The van der Waals surface area contributed by atoms with E-state index in [1.165, 1.54) is 58.3 Å². The molecule has 4 unspecified atom stereocenters. The number of alkyl carbamates (subject to hydrolysis) is 1. The van der Waals surface area contributed by atoms with Crippen LogP contribution in [0.2, 0.25) is 0 Å². The van der Waals surface area contributed by atoms with Gasteiger partial charge in [0.15, 0.2) is 0 Å². The molecule has 46 heavy (non-hydrogen) atoms. The second-order valence-electron chi connectivity index (χ2n) is 13.1. The van der Waals surface area contributed by atoms with Gasteiger partial charge in [-0.25, -0.2) is 4.79 Å². The summed E-state index contributed by atoms with van der Waals surface area (Å²) in [4.78, 5) is 27.7. The maximum Gasteiger partial charge on any atom is 0.407 e. The van der Waals surface area contributed by atoms with E-state index in [4.69, 9.17) is 14.2 Å². The molecule has 0 aliphatic heterocycles. The van der Waals surface area contributed by atoms with Crippen molar-refractivity contribution in [2.24, 2.45) is 5.92 Å². The third-order valence-electron chi connectivity index (χ3n) is 8.20. The van der Waals surface area contributed by atoms with Gasteiger partial charge in [-0.05, 0) is 58.8 Å². The number of nitrogens with zero attached hydrogens (tertiary/aromatic N) is 2. The zero-order valence-electron chi connectivity index (χ0n) is 32.1. The van der Waals surface area contributed by atoms with E-state index in [0.717, 1.165) is 58.5 Å². The fourth-order valence-electron chi connectivity index (χ4n) is 4.74. The van der Waals surface area contributed by atoms with Crippen LogP contribution < -0.4 is 10.6 Å². The smallest absolute Gasteiger partial charge is 0.407 e. The van der Waals surface area contributed by atoms with Gasteiger partial charge in [-0.1, -0.05) is 106 Å². The van der Waals surface area contributed by atoms with Crippen molar-refractivity contribution >= 4 is 12.0 Å². The second-order valence-corrected chi connectivity index (χ2v) is 13.1. The lowest BCUT2D eigenvalue weighted by atomic mass is 10.1. The first-order valence-electron chi connectivity index (χ1n) is 18.8. The third kappa shape index (κ3) is 31.2. The highest BCUT2D eigenvalue weighted by Gasteiger charge is 2.20. The molecule has 0 aromatic rings. The van der Waals surface area contributed by atoms with Crippen LogP contribution in [-0.2, 0) is 19.0 Å². The SMILES string of the molecule is CCC(C)COC(CC)CN(CCCN(C)C)CC(CC)OCC(CC)OC(=O)NCCNC(C)=O.CCCCCCCCCC. The van der Waals surface area contributed by atoms with Crippen molar-refractivity contribution in [3.63, 3.8) is 0 Å². The predicted molar refractivity (Wildman–Crippen MR) is 195 cm³/mol. The van der Waals surface area contributed by atoms with Crippen LogP contribution in [-0.4, -0.2) is 107 Å². The van der Waals surface area contributed by atoms with Crippen molar-refractivity contribution in [2.75, 3.05) is 66.6 Å². The number of nitrogens with one attached hydrogen (secondary N) is 2. The molecule has 4 atom stereocenters. The van der Waals surface area contributed by atoms with Crippen molar-refractivity contribution in [3.05, 3.63) is 0 Å². The molecular formula is C37H78N4O5. The highest BCUT2D eigenvalue weighted by Crippen LogP contribution is 2.12. The lowest BCUT2D eigenvalue weighted by Crippen LogP contribution is -2.42. The molecule has 0 aliphatic carbocycles. The van der Waals surface area contributed by atoms with Crippen LogP contribution in [0.5, 0.6) is 0 Å². The van der Waals surface area contributed by atoms with Crippen molar-refractivity contribution < 1.29 is 23.8 Å². The Bertz CT molecular complexity index is 674. The van der Waals surface area contributed by atoms with E-state index in [1.54, 1.807) is 0 Å². The lowest BCUT2D eigenvalue weighted by Gasteiger charge is -2.31. The number of carbonyl (C=O) groups is 2. The molecule has 0 aromatic carbocycles. The number of hydrogen-bond acceptors (Lipinski definition) is 7. The van der Waals surface area contributed by atoms with Crippen molar-refractivity contribution in [1.82, 2.24) is 20.4 Å². The highest BCUT2D eigenvalue weighted by atomic mass is 16.6. The Morgan fingerprint density at radius 2 is 1.13 bits per heavy atom.